The molecule has 4 rings (SSSR count). The van der Waals surface area contributed by atoms with Crippen LogP contribution >= 0.6 is 15.9 Å². The van der Waals surface area contributed by atoms with Crippen molar-refractivity contribution >= 4 is 33.0 Å². The quantitative estimate of drug-likeness (QED) is 0.207. The first-order valence-corrected chi connectivity index (χ1v) is 10.7. The molecule has 0 saturated carbocycles. The maximum absolute atomic E-state index is 13.5. The van der Waals surface area contributed by atoms with Crippen LogP contribution in [0.25, 0.3) is 16.9 Å². The van der Waals surface area contributed by atoms with Crippen LogP contribution in [0.3, 0.4) is 0 Å². The fraction of sp³-hybridized carbons (Fsp3) is 0.0833. The molecule has 9 heteroatoms. The van der Waals surface area contributed by atoms with Gasteiger partial charge in [-0.25, -0.2) is 4.68 Å². The number of rotatable bonds is 6. The lowest BCUT2D eigenvalue weighted by atomic mass is 10.0. The fourth-order valence-electron chi connectivity index (χ4n) is 3.41. The number of ether oxygens (including phenoxy) is 1. The number of nitrogens with one attached hydrogen (secondary N) is 1. The molecule has 0 spiro atoms. The number of halogens is 1. The van der Waals surface area contributed by atoms with E-state index in [4.69, 9.17) is 4.74 Å². The van der Waals surface area contributed by atoms with E-state index in [1.165, 1.54) is 28.9 Å². The maximum Gasteiger partial charge on any atom is 0.280 e. The Morgan fingerprint density at radius 2 is 1.67 bits per heavy atom. The van der Waals surface area contributed by atoms with E-state index in [1.54, 1.807) is 14.0 Å². The van der Waals surface area contributed by atoms with Gasteiger partial charge in [-0.1, -0.05) is 15.9 Å². The summed E-state index contributed by atoms with van der Waals surface area (Å²) >= 11 is 3.41. The van der Waals surface area contributed by atoms with Crippen LogP contribution in [-0.2, 0) is 0 Å². The molecule has 3 aromatic carbocycles. The summed E-state index contributed by atoms with van der Waals surface area (Å²) in [6.07, 6.45) is 0. The molecule has 8 nitrogen and oxygen atoms in total. The zero-order chi connectivity index (χ0) is 23.5. The first-order chi connectivity index (χ1) is 15.9. The number of non-ortho nitro benzene ring substituents is 1. The van der Waals surface area contributed by atoms with Crippen LogP contribution in [0.5, 0.6) is 5.75 Å². The van der Waals surface area contributed by atoms with E-state index in [-0.39, 0.29) is 11.2 Å². The molecule has 0 aliphatic rings. The van der Waals surface area contributed by atoms with Crippen LogP contribution in [0.2, 0.25) is 0 Å². The summed E-state index contributed by atoms with van der Waals surface area (Å²) in [7, 11) is 1.59. The van der Waals surface area contributed by atoms with Crippen molar-refractivity contribution in [2.75, 3.05) is 7.11 Å². The number of nitrogens with zero attached hydrogens (tertiary/aromatic N) is 3. The number of hydrogen-bond donors (Lipinski definition) is 1. The number of nitro groups is 1. The fourth-order valence-corrected chi connectivity index (χ4v) is 3.67. The minimum absolute atomic E-state index is 0.0538. The third-order valence-electron chi connectivity index (χ3n) is 5.07. The molecule has 0 bridgehead atoms. The summed E-state index contributed by atoms with van der Waals surface area (Å²) in [6.45, 7) is 1.78. The molecular formula is C24H19BrN4O4. The lowest BCUT2D eigenvalue weighted by Gasteiger charge is -2.05. The van der Waals surface area contributed by atoms with Crippen LogP contribution in [0.4, 0.5) is 11.4 Å². The molecule has 1 aromatic heterocycles. The van der Waals surface area contributed by atoms with Crippen LogP contribution in [-0.4, -0.2) is 27.5 Å². The van der Waals surface area contributed by atoms with Crippen LogP contribution in [0, 0.1) is 10.1 Å². The molecule has 0 amide bonds. The number of aromatic amines is 1. The predicted molar refractivity (Wildman–Crippen MR) is 131 cm³/mol. The molecule has 1 heterocycles. The molecule has 0 aliphatic carbocycles. The number of aromatic nitrogens is 2. The Morgan fingerprint density at radius 1 is 1.03 bits per heavy atom. The summed E-state index contributed by atoms with van der Waals surface area (Å²) in [5.41, 5.74) is 3.11. The second-order valence-corrected chi connectivity index (χ2v) is 8.09. The first kappa shape index (κ1) is 22.2. The highest BCUT2D eigenvalue weighted by molar-refractivity contribution is 9.10. The average molecular weight is 507 g/mol. The molecule has 0 fully saturated rings. The zero-order valence-electron chi connectivity index (χ0n) is 17.8. The Bertz CT molecular complexity index is 1390. The van der Waals surface area contributed by atoms with Crippen LogP contribution in [0.15, 0.2) is 87.1 Å². The summed E-state index contributed by atoms with van der Waals surface area (Å²) in [5, 5.41) is 14.1. The molecular weight excluding hydrogens is 488 g/mol. The van der Waals surface area contributed by atoms with E-state index in [0.717, 1.165) is 10.0 Å². The molecule has 0 unspecified atom stereocenters. The Morgan fingerprint density at radius 3 is 2.24 bits per heavy atom. The van der Waals surface area contributed by atoms with Gasteiger partial charge in [0.2, 0.25) is 0 Å². The highest BCUT2D eigenvalue weighted by Crippen LogP contribution is 2.26. The number of nitro benzene ring substituents is 1. The monoisotopic (exact) mass is 506 g/mol. The maximum atomic E-state index is 13.5. The van der Waals surface area contributed by atoms with E-state index in [2.05, 4.69) is 26.0 Å². The van der Waals surface area contributed by atoms with E-state index in [9.17, 15) is 14.9 Å². The van der Waals surface area contributed by atoms with E-state index >= 15 is 0 Å². The van der Waals surface area contributed by atoms with Crippen molar-refractivity contribution in [3.8, 4) is 22.7 Å². The summed E-state index contributed by atoms with van der Waals surface area (Å²) < 4.78 is 7.53. The molecule has 166 valence electrons. The Kier molecular flexibility index (Phi) is 6.23. The van der Waals surface area contributed by atoms with Gasteiger partial charge in [0.05, 0.1) is 40.4 Å². The van der Waals surface area contributed by atoms with Crippen molar-refractivity contribution in [3.63, 3.8) is 0 Å². The summed E-state index contributed by atoms with van der Waals surface area (Å²) in [5.74, 6) is 0.692. The number of methoxy groups -OCH3 is 1. The van der Waals surface area contributed by atoms with Crippen LogP contribution < -0.4 is 10.3 Å². The van der Waals surface area contributed by atoms with E-state index < -0.39 is 4.92 Å². The molecule has 0 aliphatic heterocycles. The highest BCUT2D eigenvalue weighted by Gasteiger charge is 2.20. The van der Waals surface area contributed by atoms with Crippen molar-refractivity contribution < 1.29 is 9.66 Å². The van der Waals surface area contributed by atoms with Crippen molar-refractivity contribution in [2.24, 2.45) is 4.99 Å². The van der Waals surface area contributed by atoms with Gasteiger partial charge in [-0.3, -0.25) is 25.0 Å². The first-order valence-electron chi connectivity index (χ1n) is 9.93. The van der Waals surface area contributed by atoms with E-state index in [0.29, 0.717) is 34.1 Å². The van der Waals surface area contributed by atoms with Gasteiger partial charge in [-0.2, -0.15) is 0 Å². The molecule has 1 N–H and O–H groups in total. The minimum atomic E-state index is -0.482. The summed E-state index contributed by atoms with van der Waals surface area (Å²) in [6, 6.07) is 20.5. The predicted octanol–water partition coefficient (Wildman–Crippen LogP) is 5.65. The average Bonchev–Trinajstić information content (AvgIpc) is 3.17. The topological polar surface area (TPSA) is 103 Å². The third kappa shape index (κ3) is 4.63. The zero-order valence-corrected chi connectivity index (χ0v) is 19.4. The van der Waals surface area contributed by atoms with Crippen molar-refractivity contribution in [1.82, 2.24) is 9.78 Å². The van der Waals surface area contributed by atoms with E-state index in [1.807, 2.05) is 48.5 Å². The number of H-pyrrole nitrogens is 1. The molecule has 4 aromatic rings. The number of hydrogen-bond acceptors (Lipinski definition) is 5. The van der Waals surface area contributed by atoms with Gasteiger partial charge < -0.3 is 4.74 Å². The molecule has 33 heavy (non-hydrogen) atoms. The Balaban J connectivity index is 1.88. The summed E-state index contributed by atoms with van der Waals surface area (Å²) in [4.78, 5) is 28.6. The molecule has 0 radical (unpaired) electrons. The van der Waals surface area contributed by atoms with Crippen molar-refractivity contribution in [3.05, 3.63) is 103 Å². The standard InChI is InChI=1S/C24H19BrN4O4/c1-15(26-18-7-5-17(25)6-8-18)22-23(16-3-13-21(33-2)14-4-16)27-28(24(22)30)19-9-11-20(12-10-19)29(31)32/h3-14,27H,1-2H3. The van der Waals surface area contributed by atoms with Gasteiger partial charge in [0.1, 0.15) is 5.75 Å². The minimum Gasteiger partial charge on any atom is -0.497 e. The molecule has 0 atom stereocenters. The highest BCUT2D eigenvalue weighted by atomic mass is 79.9. The van der Waals surface area contributed by atoms with Gasteiger partial charge in [0, 0.05) is 22.2 Å². The third-order valence-corrected chi connectivity index (χ3v) is 5.60. The second kappa shape index (κ2) is 9.25. The lowest BCUT2D eigenvalue weighted by Crippen LogP contribution is -2.19. The SMILES string of the molecule is COc1ccc(-c2[nH]n(-c3ccc([N+](=O)[O-])cc3)c(=O)c2C(C)=Nc2ccc(Br)cc2)cc1. The normalized spacial score (nSPS) is 11.4. The van der Waals surface area contributed by atoms with Crippen molar-refractivity contribution in [1.29, 1.82) is 0 Å². The largest absolute Gasteiger partial charge is 0.497 e. The lowest BCUT2D eigenvalue weighted by molar-refractivity contribution is -0.384. The Labute approximate surface area is 197 Å². The Hall–Kier alpha value is -3.98. The van der Waals surface area contributed by atoms with Gasteiger partial charge in [0.15, 0.2) is 0 Å². The van der Waals surface area contributed by atoms with Crippen LogP contribution in [0.1, 0.15) is 12.5 Å². The van der Waals surface area contributed by atoms with Gasteiger partial charge >= 0.3 is 0 Å². The number of aliphatic imine (C=N–C) groups is 1. The van der Waals surface area contributed by atoms with Gasteiger partial charge in [0.25, 0.3) is 11.2 Å². The van der Waals surface area contributed by atoms with Gasteiger partial charge in [-0.15, -0.1) is 0 Å². The number of benzene rings is 3. The second-order valence-electron chi connectivity index (χ2n) is 7.18. The van der Waals surface area contributed by atoms with Crippen molar-refractivity contribution in [2.45, 2.75) is 6.92 Å². The molecule has 0 saturated heterocycles. The smallest absolute Gasteiger partial charge is 0.280 e. The van der Waals surface area contributed by atoms with Gasteiger partial charge in [-0.05, 0) is 67.6 Å².